The Balaban J connectivity index is 2.00. The minimum Gasteiger partial charge on any atom is -0.341 e. The Labute approximate surface area is 127 Å². The van der Waals surface area contributed by atoms with Crippen LogP contribution in [0.5, 0.6) is 0 Å². The van der Waals surface area contributed by atoms with E-state index in [1.165, 1.54) is 0 Å². The fourth-order valence-electron chi connectivity index (χ4n) is 2.05. The molecule has 1 N–H and O–H groups in total. The van der Waals surface area contributed by atoms with E-state index in [1.54, 1.807) is 53.7 Å². The van der Waals surface area contributed by atoms with Crippen LogP contribution in [-0.2, 0) is 4.79 Å². The summed E-state index contributed by atoms with van der Waals surface area (Å²) in [6.07, 6.45) is 2.38. The fourth-order valence-corrected chi connectivity index (χ4v) is 2.74. The van der Waals surface area contributed by atoms with Gasteiger partial charge in [0.2, 0.25) is 6.41 Å². The number of nitrogens with zero attached hydrogens (tertiary/aromatic N) is 2. The van der Waals surface area contributed by atoms with Crippen molar-refractivity contribution in [2.45, 2.75) is 12.8 Å². The van der Waals surface area contributed by atoms with Gasteiger partial charge in [-0.3, -0.25) is 9.59 Å². The zero-order chi connectivity index (χ0) is 15.2. The SMILES string of the molecule is C[C@@H](CN(C)C(=O)c1ccc(NC=O)cc1)c1nccs1. The Morgan fingerprint density at radius 2 is 2.14 bits per heavy atom. The second-order valence-corrected chi connectivity index (χ2v) is 5.72. The molecule has 0 saturated carbocycles. The molecule has 1 atom stereocenters. The zero-order valence-electron chi connectivity index (χ0n) is 11.9. The van der Waals surface area contributed by atoms with Crippen molar-refractivity contribution in [2.75, 3.05) is 18.9 Å². The molecule has 6 heteroatoms. The van der Waals surface area contributed by atoms with Gasteiger partial charge in [0.15, 0.2) is 0 Å². The van der Waals surface area contributed by atoms with Crippen LogP contribution in [-0.4, -0.2) is 35.8 Å². The average molecular weight is 303 g/mol. The van der Waals surface area contributed by atoms with Crippen molar-refractivity contribution in [1.29, 1.82) is 0 Å². The molecule has 0 fully saturated rings. The van der Waals surface area contributed by atoms with Crippen molar-refractivity contribution < 1.29 is 9.59 Å². The zero-order valence-corrected chi connectivity index (χ0v) is 12.8. The number of carbonyl (C=O) groups is 2. The van der Waals surface area contributed by atoms with Crippen LogP contribution in [0, 0.1) is 0 Å². The summed E-state index contributed by atoms with van der Waals surface area (Å²) in [5, 5.41) is 5.51. The Bertz CT molecular complexity index is 596. The highest BCUT2D eigenvalue weighted by Gasteiger charge is 2.16. The van der Waals surface area contributed by atoms with Gasteiger partial charge in [-0.05, 0) is 24.3 Å². The molecule has 2 rings (SSSR count). The van der Waals surface area contributed by atoms with E-state index >= 15 is 0 Å². The smallest absolute Gasteiger partial charge is 0.253 e. The highest BCUT2D eigenvalue weighted by atomic mass is 32.1. The van der Waals surface area contributed by atoms with Gasteiger partial charge in [0.25, 0.3) is 5.91 Å². The summed E-state index contributed by atoms with van der Waals surface area (Å²) >= 11 is 1.60. The molecule has 1 aromatic carbocycles. The molecule has 0 spiro atoms. The minimum atomic E-state index is -0.0453. The van der Waals surface area contributed by atoms with Crippen molar-refractivity contribution in [3.8, 4) is 0 Å². The third kappa shape index (κ3) is 3.88. The molecule has 0 aliphatic rings. The van der Waals surface area contributed by atoms with Crippen molar-refractivity contribution >= 4 is 29.3 Å². The summed E-state index contributed by atoms with van der Waals surface area (Å²) in [6, 6.07) is 6.83. The quantitative estimate of drug-likeness (QED) is 0.834. The van der Waals surface area contributed by atoms with E-state index in [9.17, 15) is 9.59 Å². The van der Waals surface area contributed by atoms with Crippen molar-refractivity contribution in [1.82, 2.24) is 9.88 Å². The summed E-state index contributed by atoms with van der Waals surface area (Å²) < 4.78 is 0. The van der Waals surface area contributed by atoms with Crippen molar-refractivity contribution in [3.05, 3.63) is 46.4 Å². The summed E-state index contributed by atoms with van der Waals surface area (Å²) in [7, 11) is 1.78. The fraction of sp³-hybridized carbons (Fsp3) is 0.267. The van der Waals surface area contributed by atoms with E-state index in [1.807, 2.05) is 5.38 Å². The first-order valence-electron chi connectivity index (χ1n) is 6.57. The average Bonchev–Trinajstić information content (AvgIpc) is 3.02. The minimum absolute atomic E-state index is 0.0453. The van der Waals surface area contributed by atoms with Crippen LogP contribution in [0.2, 0.25) is 0 Å². The second-order valence-electron chi connectivity index (χ2n) is 4.80. The number of amides is 2. The number of likely N-dealkylation sites (N-methyl/N-ethyl adjacent to an activating group) is 1. The molecule has 0 aliphatic heterocycles. The van der Waals surface area contributed by atoms with Crippen LogP contribution >= 0.6 is 11.3 Å². The monoisotopic (exact) mass is 303 g/mol. The van der Waals surface area contributed by atoms with E-state index in [0.717, 1.165) is 5.01 Å². The van der Waals surface area contributed by atoms with Crippen LogP contribution < -0.4 is 5.32 Å². The van der Waals surface area contributed by atoms with Gasteiger partial charge < -0.3 is 10.2 Å². The van der Waals surface area contributed by atoms with Gasteiger partial charge >= 0.3 is 0 Å². The van der Waals surface area contributed by atoms with E-state index in [2.05, 4.69) is 17.2 Å². The maximum Gasteiger partial charge on any atom is 0.253 e. The Morgan fingerprint density at radius 1 is 1.43 bits per heavy atom. The van der Waals surface area contributed by atoms with E-state index in [0.29, 0.717) is 24.2 Å². The van der Waals surface area contributed by atoms with Gasteiger partial charge in [0.1, 0.15) is 0 Å². The number of thiazole rings is 1. The van der Waals surface area contributed by atoms with Crippen LogP contribution in [0.3, 0.4) is 0 Å². The third-order valence-corrected chi connectivity index (χ3v) is 4.13. The van der Waals surface area contributed by atoms with Crippen LogP contribution in [0.25, 0.3) is 0 Å². The first-order valence-corrected chi connectivity index (χ1v) is 7.45. The summed E-state index contributed by atoms with van der Waals surface area (Å²) in [6.45, 7) is 2.67. The number of hydrogen-bond donors (Lipinski definition) is 1. The van der Waals surface area contributed by atoms with Gasteiger partial charge in [0, 0.05) is 42.3 Å². The highest BCUT2D eigenvalue weighted by Crippen LogP contribution is 2.19. The normalized spacial score (nSPS) is 11.7. The van der Waals surface area contributed by atoms with Crippen molar-refractivity contribution in [2.24, 2.45) is 0 Å². The molecule has 0 bridgehead atoms. The molecular weight excluding hydrogens is 286 g/mol. The maximum absolute atomic E-state index is 12.3. The Kier molecular flexibility index (Phi) is 5.05. The van der Waals surface area contributed by atoms with Gasteiger partial charge in [-0.25, -0.2) is 4.98 Å². The number of aromatic nitrogens is 1. The lowest BCUT2D eigenvalue weighted by Gasteiger charge is -2.20. The Hall–Kier alpha value is -2.21. The molecule has 110 valence electrons. The second kappa shape index (κ2) is 6.99. The number of carbonyl (C=O) groups excluding carboxylic acids is 2. The number of anilines is 1. The molecule has 1 heterocycles. The molecular formula is C15H17N3O2S. The first kappa shape index (κ1) is 15.2. The molecule has 0 saturated heterocycles. The van der Waals surface area contributed by atoms with E-state index in [-0.39, 0.29) is 11.8 Å². The van der Waals surface area contributed by atoms with Crippen LogP contribution in [0.1, 0.15) is 28.2 Å². The van der Waals surface area contributed by atoms with Crippen LogP contribution in [0.4, 0.5) is 5.69 Å². The summed E-state index contributed by atoms with van der Waals surface area (Å²) in [5.41, 5.74) is 1.26. The molecule has 2 amide bonds. The van der Waals surface area contributed by atoms with Gasteiger partial charge in [-0.15, -0.1) is 11.3 Å². The third-order valence-electron chi connectivity index (χ3n) is 3.12. The van der Waals surface area contributed by atoms with E-state index in [4.69, 9.17) is 0 Å². The molecule has 1 aromatic heterocycles. The standard InChI is InChI=1S/C15H17N3O2S/c1-11(14-16-7-8-21-14)9-18(2)15(20)12-3-5-13(6-4-12)17-10-19/h3-8,10-11H,9H2,1-2H3,(H,17,19)/t11-/m0/s1. The maximum atomic E-state index is 12.3. The van der Waals surface area contributed by atoms with Gasteiger partial charge in [-0.2, -0.15) is 0 Å². The van der Waals surface area contributed by atoms with Crippen LogP contribution in [0.15, 0.2) is 35.8 Å². The lowest BCUT2D eigenvalue weighted by atomic mass is 10.1. The molecule has 2 aromatic rings. The lowest BCUT2D eigenvalue weighted by molar-refractivity contribution is -0.105. The van der Waals surface area contributed by atoms with E-state index < -0.39 is 0 Å². The molecule has 5 nitrogen and oxygen atoms in total. The number of nitrogens with one attached hydrogen (secondary N) is 1. The largest absolute Gasteiger partial charge is 0.341 e. The number of benzene rings is 1. The number of rotatable bonds is 6. The predicted octanol–water partition coefficient (Wildman–Crippen LogP) is 2.59. The molecule has 0 unspecified atom stereocenters. The number of hydrogen-bond acceptors (Lipinski definition) is 4. The lowest BCUT2D eigenvalue weighted by Crippen LogP contribution is -2.30. The molecule has 0 aliphatic carbocycles. The highest BCUT2D eigenvalue weighted by molar-refractivity contribution is 7.09. The predicted molar refractivity (Wildman–Crippen MR) is 83.6 cm³/mol. The molecule has 21 heavy (non-hydrogen) atoms. The van der Waals surface area contributed by atoms with Gasteiger partial charge in [0.05, 0.1) is 5.01 Å². The van der Waals surface area contributed by atoms with Gasteiger partial charge in [-0.1, -0.05) is 6.92 Å². The Morgan fingerprint density at radius 3 is 2.71 bits per heavy atom. The van der Waals surface area contributed by atoms with Crippen molar-refractivity contribution in [3.63, 3.8) is 0 Å². The summed E-state index contributed by atoms with van der Waals surface area (Å²) in [4.78, 5) is 28.6. The summed E-state index contributed by atoms with van der Waals surface area (Å²) in [5.74, 6) is 0.158. The first-order chi connectivity index (χ1) is 10.1. The molecule has 0 radical (unpaired) electrons. The topological polar surface area (TPSA) is 62.3 Å².